The van der Waals surface area contributed by atoms with Gasteiger partial charge in [0.25, 0.3) is 0 Å². The van der Waals surface area contributed by atoms with Crippen LogP contribution in [0.15, 0.2) is 41.3 Å². The van der Waals surface area contributed by atoms with Gasteiger partial charge in [-0.2, -0.15) is 8.78 Å². The van der Waals surface area contributed by atoms with Crippen molar-refractivity contribution in [1.82, 2.24) is 0 Å². The molecule has 0 saturated carbocycles. The number of rotatable bonds is 5. The summed E-state index contributed by atoms with van der Waals surface area (Å²) in [6.45, 7) is -2.88. The van der Waals surface area contributed by atoms with E-state index in [2.05, 4.69) is 4.74 Å². The monoisotopic (exact) mass is 349 g/mol. The first kappa shape index (κ1) is 16.2. The zero-order chi connectivity index (χ0) is 15.4. The van der Waals surface area contributed by atoms with Crippen LogP contribution in [0.5, 0.6) is 5.75 Å². The number of ether oxygens (including phenoxy) is 1. The van der Waals surface area contributed by atoms with Gasteiger partial charge in [0.1, 0.15) is 5.75 Å². The highest BCUT2D eigenvalue weighted by molar-refractivity contribution is 7.98. The van der Waals surface area contributed by atoms with Crippen molar-refractivity contribution in [1.29, 1.82) is 0 Å². The molecule has 2 aromatic rings. The fourth-order valence-electron chi connectivity index (χ4n) is 1.66. The molecule has 0 aliphatic carbocycles. The highest BCUT2D eigenvalue weighted by Gasteiger charge is 2.11. The van der Waals surface area contributed by atoms with Gasteiger partial charge in [-0.05, 0) is 36.4 Å². The molecule has 112 valence electrons. The van der Waals surface area contributed by atoms with Gasteiger partial charge in [0, 0.05) is 26.9 Å². The van der Waals surface area contributed by atoms with E-state index in [1.807, 2.05) is 0 Å². The van der Waals surface area contributed by atoms with Crippen molar-refractivity contribution in [2.24, 2.45) is 0 Å². The maximum Gasteiger partial charge on any atom is 0.387 e. The molecule has 0 radical (unpaired) electrons. The Hall–Kier alpha value is -1.17. The highest BCUT2D eigenvalue weighted by Crippen LogP contribution is 2.35. The Labute approximate surface area is 135 Å². The minimum absolute atomic E-state index is 0.0990. The van der Waals surface area contributed by atoms with Crippen LogP contribution in [-0.4, -0.2) is 6.61 Å². The lowest BCUT2D eigenvalue weighted by Crippen LogP contribution is -2.04. The van der Waals surface area contributed by atoms with Crippen molar-refractivity contribution in [2.75, 3.05) is 5.73 Å². The first-order valence-electron chi connectivity index (χ1n) is 5.87. The normalized spacial score (nSPS) is 10.9. The van der Waals surface area contributed by atoms with Gasteiger partial charge >= 0.3 is 6.61 Å². The van der Waals surface area contributed by atoms with E-state index in [1.165, 1.54) is 23.9 Å². The zero-order valence-corrected chi connectivity index (χ0v) is 13.0. The average molecular weight is 350 g/mol. The lowest BCUT2D eigenvalue weighted by atomic mass is 10.2. The topological polar surface area (TPSA) is 35.2 Å². The molecule has 0 fully saturated rings. The van der Waals surface area contributed by atoms with Crippen LogP contribution >= 0.6 is 35.0 Å². The molecule has 0 aliphatic heterocycles. The first-order valence-corrected chi connectivity index (χ1v) is 7.61. The molecule has 0 bridgehead atoms. The summed E-state index contributed by atoms with van der Waals surface area (Å²) in [4.78, 5) is 0.764. The number of benzene rings is 2. The predicted octanol–water partition coefficient (Wildman–Crippen LogP) is 5.47. The maximum atomic E-state index is 12.4. The lowest BCUT2D eigenvalue weighted by molar-refractivity contribution is -0.0503. The summed E-state index contributed by atoms with van der Waals surface area (Å²) in [7, 11) is 0. The Morgan fingerprint density at radius 1 is 1.14 bits per heavy atom. The standard InChI is InChI=1S/C14H11Cl2F2NOS/c15-9-1-4-12(20-14(17)18)8(5-9)7-21-13-6-10(19)2-3-11(13)16/h1-6,14H,7,19H2. The number of hydrogen-bond donors (Lipinski definition) is 1. The summed E-state index contributed by atoms with van der Waals surface area (Å²) in [5, 5.41) is 0.999. The third-order valence-corrected chi connectivity index (χ3v) is 4.36. The Morgan fingerprint density at radius 3 is 2.62 bits per heavy atom. The number of anilines is 1. The van der Waals surface area contributed by atoms with Gasteiger partial charge < -0.3 is 10.5 Å². The van der Waals surface area contributed by atoms with E-state index in [-0.39, 0.29) is 5.75 Å². The van der Waals surface area contributed by atoms with Crippen molar-refractivity contribution in [3.05, 3.63) is 52.0 Å². The molecule has 0 unspecified atom stereocenters. The van der Waals surface area contributed by atoms with Gasteiger partial charge in [-0.15, -0.1) is 11.8 Å². The van der Waals surface area contributed by atoms with Gasteiger partial charge in [0.15, 0.2) is 0 Å². The minimum atomic E-state index is -2.88. The van der Waals surface area contributed by atoms with E-state index in [0.29, 0.717) is 27.0 Å². The summed E-state index contributed by atoms with van der Waals surface area (Å²) < 4.78 is 29.2. The van der Waals surface area contributed by atoms with Gasteiger partial charge in [-0.25, -0.2) is 0 Å². The summed E-state index contributed by atoms with van der Waals surface area (Å²) in [6, 6.07) is 9.62. The van der Waals surface area contributed by atoms with Crippen LogP contribution in [-0.2, 0) is 5.75 Å². The third-order valence-electron chi connectivity index (χ3n) is 2.58. The number of nitrogen functional groups attached to an aromatic ring is 1. The molecule has 2 nitrogen and oxygen atoms in total. The van der Waals surface area contributed by atoms with Gasteiger partial charge in [-0.3, -0.25) is 0 Å². The largest absolute Gasteiger partial charge is 0.435 e. The van der Waals surface area contributed by atoms with Crippen LogP contribution in [0, 0.1) is 0 Å². The van der Waals surface area contributed by atoms with Crippen LogP contribution in [0.4, 0.5) is 14.5 Å². The molecule has 2 rings (SSSR count). The van der Waals surface area contributed by atoms with Gasteiger partial charge in [-0.1, -0.05) is 23.2 Å². The molecule has 0 amide bonds. The minimum Gasteiger partial charge on any atom is -0.435 e. The molecule has 0 heterocycles. The molecule has 0 aromatic heterocycles. The zero-order valence-electron chi connectivity index (χ0n) is 10.7. The number of nitrogens with two attached hydrogens (primary N) is 1. The number of hydrogen-bond acceptors (Lipinski definition) is 3. The van der Waals surface area contributed by atoms with Gasteiger partial charge in [0.2, 0.25) is 0 Å². The van der Waals surface area contributed by atoms with Crippen molar-refractivity contribution < 1.29 is 13.5 Å². The predicted molar refractivity (Wildman–Crippen MR) is 83.5 cm³/mol. The van der Waals surface area contributed by atoms with Crippen LogP contribution in [0.2, 0.25) is 10.0 Å². The second-order valence-electron chi connectivity index (χ2n) is 4.11. The Bertz CT molecular complexity index is 640. The van der Waals surface area contributed by atoms with E-state index in [0.717, 1.165) is 4.90 Å². The Kier molecular flexibility index (Phi) is 5.56. The quantitative estimate of drug-likeness (QED) is 0.574. The highest BCUT2D eigenvalue weighted by atomic mass is 35.5. The fourth-order valence-corrected chi connectivity index (χ4v) is 3.10. The third kappa shape index (κ3) is 4.66. The summed E-state index contributed by atoms with van der Waals surface area (Å²) in [5.74, 6) is 0.480. The van der Waals surface area contributed by atoms with Crippen LogP contribution in [0.25, 0.3) is 0 Å². The summed E-state index contributed by atoms with van der Waals surface area (Å²) >= 11 is 13.3. The molecule has 7 heteroatoms. The molecular weight excluding hydrogens is 339 g/mol. The van der Waals surface area contributed by atoms with Crippen molar-refractivity contribution in [3.8, 4) is 5.75 Å². The molecule has 0 spiro atoms. The fraction of sp³-hybridized carbons (Fsp3) is 0.143. The van der Waals surface area contributed by atoms with E-state index in [4.69, 9.17) is 28.9 Å². The average Bonchev–Trinajstić information content (AvgIpc) is 2.42. The molecule has 0 atom stereocenters. The van der Waals surface area contributed by atoms with Crippen LogP contribution in [0.1, 0.15) is 5.56 Å². The number of alkyl halides is 2. The molecule has 0 saturated heterocycles. The molecule has 2 aromatic carbocycles. The molecular formula is C14H11Cl2F2NOS. The van der Waals surface area contributed by atoms with Gasteiger partial charge in [0.05, 0.1) is 5.02 Å². The SMILES string of the molecule is Nc1ccc(Cl)c(SCc2cc(Cl)ccc2OC(F)F)c1. The lowest BCUT2D eigenvalue weighted by Gasteiger charge is -2.11. The van der Waals surface area contributed by atoms with E-state index in [1.54, 1.807) is 24.3 Å². The van der Waals surface area contributed by atoms with Crippen LogP contribution < -0.4 is 10.5 Å². The smallest absolute Gasteiger partial charge is 0.387 e. The number of thioether (sulfide) groups is 1. The summed E-state index contributed by atoms with van der Waals surface area (Å²) in [6.07, 6.45) is 0. The summed E-state index contributed by atoms with van der Waals surface area (Å²) in [5.41, 5.74) is 6.84. The Balaban J connectivity index is 2.18. The van der Waals surface area contributed by atoms with Crippen molar-refractivity contribution in [3.63, 3.8) is 0 Å². The van der Waals surface area contributed by atoms with Crippen molar-refractivity contribution >= 4 is 40.7 Å². The second kappa shape index (κ2) is 7.20. The molecule has 2 N–H and O–H groups in total. The second-order valence-corrected chi connectivity index (χ2v) is 5.97. The Morgan fingerprint density at radius 2 is 1.90 bits per heavy atom. The van der Waals surface area contributed by atoms with Crippen LogP contribution in [0.3, 0.4) is 0 Å². The van der Waals surface area contributed by atoms with E-state index in [9.17, 15) is 8.78 Å². The van der Waals surface area contributed by atoms with E-state index >= 15 is 0 Å². The van der Waals surface area contributed by atoms with Crippen molar-refractivity contribution in [2.45, 2.75) is 17.3 Å². The maximum absolute atomic E-state index is 12.4. The van der Waals surface area contributed by atoms with E-state index < -0.39 is 6.61 Å². The number of halogens is 4. The molecule has 0 aliphatic rings. The first-order chi connectivity index (χ1) is 9.95. The molecule has 21 heavy (non-hydrogen) atoms.